The van der Waals surface area contributed by atoms with Crippen LogP contribution >= 0.6 is 0 Å². The summed E-state index contributed by atoms with van der Waals surface area (Å²) in [4.78, 5) is 12.5. The van der Waals surface area contributed by atoms with Gasteiger partial charge < -0.3 is 10.1 Å². The van der Waals surface area contributed by atoms with Gasteiger partial charge in [-0.3, -0.25) is 9.10 Å². The van der Waals surface area contributed by atoms with Gasteiger partial charge in [-0.2, -0.15) is 12.7 Å². The lowest BCUT2D eigenvalue weighted by Crippen LogP contribution is -2.40. The fourth-order valence-electron chi connectivity index (χ4n) is 2.95. The van der Waals surface area contributed by atoms with Gasteiger partial charge in [0.25, 0.3) is 5.91 Å². The Hall–Kier alpha value is -3.43. The molecule has 1 amide bonds. The summed E-state index contributed by atoms with van der Waals surface area (Å²) in [6.07, 6.45) is 0. The first-order valence-electron chi connectivity index (χ1n) is 9.71. The largest absolute Gasteiger partial charge is 0.497 e. The summed E-state index contributed by atoms with van der Waals surface area (Å²) in [6, 6.07) is 19.1. The van der Waals surface area contributed by atoms with E-state index in [2.05, 4.69) is 5.32 Å². The summed E-state index contributed by atoms with van der Waals surface area (Å²) >= 11 is 0. The van der Waals surface area contributed by atoms with E-state index in [4.69, 9.17) is 4.74 Å². The van der Waals surface area contributed by atoms with Gasteiger partial charge in [0.05, 0.1) is 19.3 Å². The van der Waals surface area contributed by atoms with E-state index in [0.29, 0.717) is 22.6 Å². The second-order valence-electron chi connectivity index (χ2n) is 7.13. The molecule has 9 heteroatoms. The summed E-state index contributed by atoms with van der Waals surface area (Å²) in [5, 5.41) is 2.79. The minimum Gasteiger partial charge on any atom is -0.497 e. The lowest BCUT2D eigenvalue weighted by molar-refractivity contribution is 0.102. The maximum Gasteiger partial charge on any atom is 0.303 e. The summed E-state index contributed by atoms with van der Waals surface area (Å²) in [7, 11) is 0.383. The van der Waals surface area contributed by atoms with Crippen molar-refractivity contribution >= 4 is 27.5 Å². The summed E-state index contributed by atoms with van der Waals surface area (Å²) in [5.74, 6) is -0.276. The monoisotopic (exact) mass is 457 g/mol. The number of benzene rings is 3. The van der Waals surface area contributed by atoms with Gasteiger partial charge in [-0.1, -0.05) is 24.3 Å². The summed E-state index contributed by atoms with van der Waals surface area (Å²) < 4.78 is 47.1. The van der Waals surface area contributed by atoms with Gasteiger partial charge in [-0.05, 0) is 54.1 Å². The number of hydrogen-bond acceptors (Lipinski definition) is 4. The Morgan fingerprint density at radius 3 is 2.16 bits per heavy atom. The molecule has 0 aromatic heterocycles. The fraction of sp³-hybridized carbons (Fsp3) is 0.174. The Morgan fingerprint density at radius 2 is 1.59 bits per heavy atom. The quantitative estimate of drug-likeness (QED) is 0.557. The molecule has 0 saturated carbocycles. The first-order chi connectivity index (χ1) is 15.2. The van der Waals surface area contributed by atoms with Gasteiger partial charge in [0.2, 0.25) is 0 Å². The molecule has 3 aromatic rings. The molecule has 0 aliphatic heterocycles. The van der Waals surface area contributed by atoms with Crippen LogP contribution < -0.4 is 14.4 Å². The average molecular weight is 458 g/mol. The molecule has 168 valence electrons. The predicted octanol–water partition coefficient (Wildman–Crippen LogP) is 3.90. The van der Waals surface area contributed by atoms with Crippen LogP contribution in [0.5, 0.6) is 5.75 Å². The van der Waals surface area contributed by atoms with Gasteiger partial charge in [0.1, 0.15) is 11.6 Å². The Bertz CT molecular complexity index is 1180. The standard InChI is InChI=1S/C23H24FN3O4S/c1-26(2)32(29,30)27(22-7-5-4-6-21(22)24)16-17-8-10-18(11-9-17)23(28)25-19-12-14-20(31-3)15-13-19/h4-15H,16H2,1-3H3,(H,25,28). The van der Waals surface area contributed by atoms with Crippen LogP contribution in [0.1, 0.15) is 15.9 Å². The molecule has 0 fully saturated rings. The Kier molecular flexibility index (Phi) is 7.12. The molecule has 0 atom stereocenters. The zero-order valence-corrected chi connectivity index (χ0v) is 18.8. The molecule has 0 heterocycles. The van der Waals surface area contributed by atoms with Crippen molar-refractivity contribution in [1.82, 2.24) is 4.31 Å². The lowest BCUT2D eigenvalue weighted by atomic mass is 10.1. The van der Waals surface area contributed by atoms with E-state index in [1.54, 1.807) is 61.7 Å². The molecular formula is C23H24FN3O4S. The lowest BCUT2D eigenvalue weighted by Gasteiger charge is -2.27. The van der Waals surface area contributed by atoms with Crippen LogP contribution in [0.2, 0.25) is 0 Å². The molecule has 0 unspecified atom stereocenters. The Labute approximate surface area is 187 Å². The second kappa shape index (κ2) is 9.80. The van der Waals surface area contributed by atoms with Crippen LogP contribution in [0.15, 0.2) is 72.8 Å². The third-order valence-corrected chi connectivity index (χ3v) is 6.56. The van der Waals surface area contributed by atoms with E-state index in [1.807, 2.05) is 0 Å². The molecule has 7 nitrogen and oxygen atoms in total. The van der Waals surface area contributed by atoms with Gasteiger partial charge in [0, 0.05) is 25.3 Å². The summed E-state index contributed by atoms with van der Waals surface area (Å²) in [5.41, 5.74) is 1.56. The van der Waals surface area contributed by atoms with Gasteiger partial charge in [0.15, 0.2) is 0 Å². The van der Waals surface area contributed by atoms with E-state index in [9.17, 15) is 17.6 Å². The SMILES string of the molecule is COc1ccc(NC(=O)c2ccc(CN(c3ccccc3F)S(=O)(=O)N(C)C)cc2)cc1. The third-order valence-electron chi connectivity index (χ3n) is 4.75. The molecule has 0 aliphatic carbocycles. The van der Waals surface area contributed by atoms with Crippen molar-refractivity contribution in [2.45, 2.75) is 6.54 Å². The highest BCUT2D eigenvalue weighted by Crippen LogP contribution is 2.25. The normalized spacial score (nSPS) is 11.3. The zero-order valence-electron chi connectivity index (χ0n) is 17.9. The smallest absolute Gasteiger partial charge is 0.303 e. The van der Waals surface area contributed by atoms with Crippen LogP contribution in [0, 0.1) is 5.82 Å². The molecular weight excluding hydrogens is 433 g/mol. The highest BCUT2D eigenvalue weighted by Gasteiger charge is 2.27. The predicted molar refractivity (Wildman–Crippen MR) is 123 cm³/mol. The number of nitrogens with one attached hydrogen (secondary N) is 1. The van der Waals surface area contributed by atoms with Crippen molar-refractivity contribution in [2.75, 3.05) is 30.8 Å². The number of methoxy groups -OCH3 is 1. The van der Waals surface area contributed by atoms with Crippen LogP contribution in [-0.2, 0) is 16.8 Å². The average Bonchev–Trinajstić information content (AvgIpc) is 2.78. The maximum absolute atomic E-state index is 14.4. The number of hydrogen-bond donors (Lipinski definition) is 1. The van der Waals surface area contributed by atoms with Crippen LogP contribution in [-0.4, -0.2) is 39.8 Å². The van der Waals surface area contributed by atoms with Crippen molar-refractivity contribution in [1.29, 1.82) is 0 Å². The van der Waals surface area contributed by atoms with Crippen LogP contribution in [0.3, 0.4) is 0 Å². The van der Waals surface area contributed by atoms with Crippen molar-refractivity contribution in [3.05, 3.63) is 89.7 Å². The number of amides is 1. The Balaban J connectivity index is 1.80. The third kappa shape index (κ3) is 5.24. The number of nitrogens with zero attached hydrogens (tertiary/aromatic N) is 2. The number of carbonyl (C=O) groups is 1. The van der Waals surface area contributed by atoms with Crippen molar-refractivity contribution < 1.29 is 22.3 Å². The van der Waals surface area contributed by atoms with Crippen LogP contribution in [0.4, 0.5) is 15.8 Å². The fourth-order valence-corrected chi connectivity index (χ4v) is 4.05. The molecule has 1 N–H and O–H groups in total. The highest BCUT2D eigenvalue weighted by atomic mass is 32.2. The molecule has 0 saturated heterocycles. The highest BCUT2D eigenvalue weighted by molar-refractivity contribution is 7.90. The first kappa shape index (κ1) is 23.2. The minimum absolute atomic E-state index is 0.0532. The second-order valence-corrected chi connectivity index (χ2v) is 9.19. The molecule has 0 aliphatic rings. The van der Waals surface area contributed by atoms with E-state index in [0.717, 1.165) is 8.61 Å². The van der Waals surface area contributed by atoms with E-state index in [-0.39, 0.29) is 18.1 Å². The minimum atomic E-state index is -3.95. The molecule has 3 aromatic carbocycles. The topological polar surface area (TPSA) is 79.0 Å². The first-order valence-corrected chi connectivity index (χ1v) is 11.1. The molecule has 0 bridgehead atoms. The molecule has 0 spiro atoms. The maximum atomic E-state index is 14.4. The van der Waals surface area contributed by atoms with Crippen molar-refractivity contribution in [3.63, 3.8) is 0 Å². The van der Waals surface area contributed by atoms with Crippen molar-refractivity contribution in [2.24, 2.45) is 0 Å². The van der Waals surface area contributed by atoms with Gasteiger partial charge >= 0.3 is 10.2 Å². The number of rotatable bonds is 8. The number of ether oxygens (including phenoxy) is 1. The van der Waals surface area contributed by atoms with Crippen molar-refractivity contribution in [3.8, 4) is 5.75 Å². The number of carbonyl (C=O) groups excluding carboxylic acids is 1. The zero-order chi connectivity index (χ0) is 23.3. The Morgan fingerprint density at radius 1 is 0.969 bits per heavy atom. The number of para-hydroxylation sites is 1. The van der Waals surface area contributed by atoms with Gasteiger partial charge in [-0.15, -0.1) is 0 Å². The van der Waals surface area contributed by atoms with E-state index >= 15 is 0 Å². The van der Waals surface area contributed by atoms with Crippen LogP contribution in [0.25, 0.3) is 0 Å². The van der Waals surface area contributed by atoms with E-state index < -0.39 is 16.0 Å². The molecule has 32 heavy (non-hydrogen) atoms. The number of anilines is 2. The van der Waals surface area contributed by atoms with Gasteiger partial charge in [-0.25, -0.2) is 4.39 Å². The summed E-state index contributed by atoms with van der Waals surface area (Å²) in [6.45, 7) is -0.0954. The van der Waals surface area contributed by atoms with E-state index in [1.165, 1.54) is 32.3 Å². The number of halogens is 1. The molecule has 3 rings (SSSR count). The molecule has 0 radical (unpaired) electrons.